The summed E-state index contributed by atoms with van der Waals surface area (Å²) < 4.78 is 18.6. The van der Waals surface area contributed by atoms with Gasteiger partial charge in [-0.1, -0.05) is 30.3 Å². The molecule has 0 aliphatic heterocycles. The van der Waals surface area contributed by atoms with Gasteiger partial charge in [-0.15, -0.1) is 0 Å². The normalized spacial score (nSPS) is 12.4. The number of aliphatic hydroxyl groups excluding tert-OH is 1. The van der Waals surface area contributed by atoms with E-state index in [2.05, 4.69) is 15.9 Å². The lowest BCUT2D eigenvalue weighted by Gasteiger charge is -2.12. The molecule has 1 unspecified atom stereocenters. The zero-order valence-corrected chi connectivity index (χ0v) is 12.7. The Balaban J connectivity index is 2.06. The van der Waals surface area contributed by atoms with Crippen LogP contribution in [0.3, 0.4) is 0 Å². The Morgan fingerprint density at radius 1 is 1.15 bits per heavy atom. The second kappa shape index (κ2) is 6.97. The number of hydrogen-bond acceptors (Lipinski definition) is 2. The van der Waals surface area contributed by atoms with Gasteiger partial charge in [0.1, 0.15) is 5.82 Å². The number of benzene rings is 2. The van der Waals surface area contributed by atoms with Crippen molar-refractivity contribution in [2.45, 2.75) is 19.1 Å². The monoisotopic (exact) mass is 338 g/mol. The summed E-state index contributed by atoms with van der Waals surface area (Å²) in [6.45, 7) is 0.557. The smallest absolute Gasteiger partial charge is 0.137 e. The maximum absolute atomic E-state index is 13.2. The Morgan fingerprint density at radius 3 is 2.40 bits per heavy atom. The van der Waals surface area contributed by atoms with E-state index in [1.54, 1.807) is 19.2 Å². The topological polar surface area (TPSA) is 29.5 Å². The third-order valence-corrected chi connectivity index (χ3v) is 3.70. The van der Waals surface area contributed by atoms with Crippen molar-refractivity contribution in [2.24, 2.45) is 0 Å². The Labute approximate surface area is 126 Å². The second-order valence-electron chi connectivity index (χ2n) is 4.64. The van der Waals surface area contributed by atoms with Gasteiger partial charge in [0.15, 0.2) is 0 Å². The van der Waals surface area contributed by atoms with E-state index in [1.165, 1.54) is 6.07 Å². The molecule has 0 saturated heterocycles. The fourth-order valence-corrected chi connectivity index (χ4v) is 2.44. The van der Waals surface area contributed by atoms with Crippen LogP contribution in [0.4, 0.5) is 4.39 Å². The average Bonchev–Trinajstić information content (AvgIpc) is 2.44. The van der Waals surface area contributed by atoms with Crippen LogP contribution in [-0.2, 0) is 17.8 Å². The number of aliphatic hydroxyl groups is 1. The number of halogens is 2. The molecule has 0 spiro atoms. The van der Waals surface area contributed by atoms with Crippen LogP contribution in [-0.4, -0.2) is 12.2 Å². The molecule has 0 aromatic heterocycles. The van der Waals surface area contributed by atoms with Crippen LogP contribution in [0, 0.1) is 5.82 Å². The van der Waals surface area contributed by atoms with Crippen molar-refractivity contribution in [1.29, 1.82) is 0 Å². The quantitative estimate of drug-likeness (QED) is 0.892. The number of hydrogen-bond donors (Lipinski definition) is 1. The molecule has 0 amide bonds. The minimum atomic E-state index is -0.607. The molecule has 0 bridgehead atoms. The van der Waals surface area contributed by atoms with Gasteiger partial charge in [0, 0.05) is 13.5 Å². The third-order valence-electron chi connectivity index (χ3n) is 3.09. The van der Waals surface area contributed by atoms with E-state index < -0.39 is 6.10 Å². The Hall–Kier alpha value is -1.23. The standard InChI is InChI=1S/C16H16BrFO2/c1-20-10-11-2-5-13(6-3-11)16(19)9-12-4-7-15(18)14(17)8-12/h2-8,16,19H,9-10H2,1H3. The molecule has 2 aromatic rings. The highest BCUT2D eigenvalue weighted by molar-refractivity contribution is 9.10. The Bertz CT molecular complexity index is 569. The summed E-state index contributed by atoms with van der Waals surface area (Å²) in [7, 11) is 1.65. The summed E-state index contributed by atoms with van der Waals surface area (Å²) in [5.41, 5.74) is 2.78. The summed E-state index contributed by atoms with van der Waals surface area (Å²) in [6.07, 6.45) is -0.161. The molecule has 20 heavy (non-hydrogen) atoms. The summed E-state index contributed by atoms with van der Waals surface area (Å²) in [5.74, 6) is -0.299. The lowest BCUT2D eigenvalue weighted by Crippen LogP contribution is -2.02. The van der Waals surface area contributed by atoms with Crippen molar-refractivity contribution in [3.05, 3.63) is 69.4 Å². The molecule has 2 nitrogen and oxygen atoms in total. The predicted octanol–water partition coefficient (Wildman–Crippen LogP) is 4.01. The van der Waals surface area contributed by atoms with Gasteiger partial charge < -0.3 is 9.84 Å². The third kappa shape index (κ3) is 3.88. The van der Waals surface area contributed by atoms with Crippen LogP contribution < -0.4 is 0 Å². The largest absolute Gasteiger partial charge is 0.388 e. The van der Waals surface area contributed by atoms with E-state index >= 15 is 0 Å². The minimum Gasteiger partial charge on any atom is -0.388 e. The molecule has 1 atom stereocenters. The first-order valence-electron chi connectivity index (χ1n) is 6.30. The van der Waals surface area contributed by atoms with Crippen LogP contribution in [0.25, 0.3) is 0 Å². The lowest BCUT2D eigenvalue weighted by molar-refractivity contribution is 0.177. The van der Waals surface area contributed by atoms with Gasteiger partial charge in [-0.3, -0.25) is 0 Å². The lowest BCUT2D eigenvalue weighted by atomic mass is 10.0. The van der Waals surface area contributed by atoms with Crippen LogP contribution in [0.1, 0.15) is 22.8 Å². The Morgan fingerprint density at radius 2 is 1.80 bits per heavy atom. The predicted molar refractivity (Wildman–Crippen MR) is 79.9 cm³/mol. The van der Waals surface area contributed by atoms with Gasteiger partial charge in [-0.05, 0) is 44.8 Å². The van der Waals surface area contributed by atoms with Gasteiger partial charge in [0.2, 0.25) is 0 Å². The van der Waals surface area contributed by atoms with Crippen molar-refractivity contribution in [3.8, 4) is 0 Å². The first-order chi connectivity index (χ1) is 9.60. The molecule has 2 rings (SSSR count). The van der Waals surface area contributed by atoms with Crippen LogP contribution in [0.15, 0.2) is 46.9 Å². The van der Waals surface area contributed by atoms with E-state index in [-0.39, 0.29) is 5.82 Å². The second-order valence-corrected chi connectivity index (χ2v) is 5.50. The number of methoxy groups -OCH3 is 1. The SMILES string of the molecule is COCc1ccc(C(O)Cc2ccc(F)c(Br)c2)cc1. The first-order valence-corrected chi connectivity index (χ1v) is 7.09. The zero-order valence-electron chi connectivity index (χ0n) is 11.1. The molecule has 0 saturated carbocycles. The van der Waals surface area contributed by atoms with Crippen LogP contribution in [0.5, 0.6) is 0 Å². The molecular weight excluding hydrogens is 323 g/mol. The van der Waals surface area contributed by atoms with Crippen molar-refractivity contribution < 1.29 is 14.2 Å². The fourth-order valence-electron chi connectivity index (χ4n) is 2.01. The molecule has 106 valence electrons. The highest BCUT2D eigenvalue weighted by Gasteiger charge is 2.10. The molecule has 0 aliphatic rings. The van der Waals surface area contributed by atoms with E-state index in [9.17, 15) is 9.50 Å². The van der Waals surface area contributed by atoms with Gasteiger partial charge in [-0.25, -0.2) is 4.39 Å². The van der Waals surface area contributed by atoms with Gasteiger partial charge in [0.05, 0.1) is 17.2 Å². The maximum Gasteiger partial charge on any atom is 0.137 e. The van der Waals surface area contributed by atoms with Gasteiger partial charge in [-0.2, -0.15) is 0 Å². The number of ether oxygens (including phenoxy) is 1. The molecule has 2 aromatic carbocycles. The maximum atomic E-state index is 13.2. The summed E-state index contributed by atoms with van der Waals surface area (Å²) in [6, 6.07) is 12.4. The van der Waals surface area contributed by atoms with Crippen molar-refractivity contribution in [1.82, 2.24) is 0 Å². The van der Waals surface area contributed by atoms with E-state index in [0.29, 0.717) is 17.5 Å². The molecule has 0 heterocycles. The summed E-state index contributed by atoms with van der Waals surface area (Å²) in [4.78, 5) is 0. The van der Waals surface area contributed by atoms with Gasteiger partial charge >= 0.3 is 0 Å². The Kier molecular flexibility index (Phi) is 5.29. The molecule has 0 fully saturated rings. The molecule has 0 radical (unpaired) electrons. The highest BCUT2D eigenvalue weighted by atomic mass is 79.9. The average molecular weight is 339 g/mol. The summed E-state index contributed by atoms with van der Waals surface area (Å²) in [5, 5.41) is 10.2. The molecule has 4 heteroatoms. The highest BCUT2D eigenvalue weighted by Crippen LogP contribution is 2.22. The molecule has 1 N–H and O–H groups in total. The van der Waals surface area contributed by atoms with Gasteiger partial charge in [0.25, 0.3) is 0 Å². The summed E-state index contributed by atoms with van der Waals surface area (Å²) >= 11 is 3.15. The van der Waals surface area contributed by atoms with Crippen molar-refractivity contribution >= 4 is 15.9 Å². The van der Waals surface area contributed by atoms with Crippen molar-refractivity contribution in [2.75, 3.05) is 7.11 Å². The molecular formula is C16H16BrFO2. The van der Waals surface area contributed by atoms with Crippen LogP contribution in [0.2, 0.25) is 0 Å². The minimum absolute atomic E-state index is 0.299. The molecule has 0 aliphatic carbocycles. The fraction of sp³-hybridized carbons (Fsp3) is 0.250. The van der Waals surface area contributed by atoms with E-state index in [4.69, 9.17) is 4.74 Å². The van der Waals surface area contributed by atoms with Crippen LogP contribution >= 0.6 is 15.9 Å². The van der Waals surface area contributed by atoms with E-state index in [0.717, 1.165) is 16.7 Å². The number of rotatable bonds is 5. The van der Waals surface area contributed by atoms with Crippen molar-refractivity contribution in [3.63, 3.8) is 0 Å². The zero-order chi connectivity index (χ0) is 14.5. The first kappa shape index (κ1) is 15.2. The van der Waals surface area contributed by atoms with E-state index in [1.807, 2.05) is 24.3 Å².